The first-order valence-corrected chi connectivity index (χ1v) is 4.45. The van der Waals surface area contributed by atoms with Gasteiger partial charge in [-0.1, -0.05) is 0 Å². The second kappa shape index (κ2) is 3.11. The summed E-state index contributed by atoms with van der Waals surface area (Å²) in [6.07, 6.45) is 1.35. The van der Waals surface area contributed by atoms with Gasteiger partial charge in [-0.05, 0) is 40.8 Å². The quantitative estimate of drug-likeness (QED) is 0.643. The fraction of sp³-hybridized carbons (Fsp3) is 1.00. The van der Waals surface area contributed by atoms with Crippen molar-refractivity contribution in [1.29, 1.82) is 0 Å². The Balaban J connectivity index is 2.24. The van der Waals surface area contributed by atoms with Crippen LogP contribution in [0.25, 0.3) is 0 Å². The minimum atomic E-state index is 0.317. The third-order valence-electron chi connectivity index (χ3n) is 2.57. The van der Waals surface area contributed by atoms with Crippen molar-refractivity contribution in [2.75, 3.05) is 20.1 Å². The summed E-state index contributed by atoms with van der Waals surface area (Å²) in [6.45, 7) is 9.16. The van der Waals surface area contributed by atoms with Gasteiger partial charge in [0, 0.05) is 18.1 Å². The average molecular weight is 156 g/mol. The van der Waals surface area contributed by atoms with Crippen LogP contribution in [0.3, 0.4) is 0 Å². The molecule has 1 rings (SSSR count). The molecule has 2 nitrogen and oxygen atoms in total. The van der Waals surface area contributed by atoms with Crippen LogP contribution in [0.2, 0.25) is 0 Å². The topological polar surface area (TPSA) is 15.3 Å². The van der Waals surface area contributed by atoms with Crippen LogP contribution in [-0.2, 0) is 0 Å². The van der Waals surface area contributed by atoms with Crippen LogP contribution >= 0.6 is 0 Å². The Hall–Kier alpha value is -0.0800. The van der Waals surface area contributed by atoms with Gasteiger partial charge in [0.2, 0.25) is 0 Å². The summed E-state index contributed by atoms with van der Waals surface area (Å²) in [6, 6.07) is 0.749. The van der Waals surface area contributed by atoms with Gasteiger partial charge in [0.25, 0.3) is 0 Å². The largest absolute Gasteiger partial charge is 0.313 e. The first-order chi connectivity index (χ1) is 5.00. The highest BCUT2D eigenvalue weighted by atomic mass is 15.2. The molecule has 1 N–H and O–H groups in total. The van der Waals surface area contributed by atoms with E-state index in [1.54, 1.807) is 0 Å². The summed E-state index contributed by atoms with van der Waals surface area (Å²) in [5.74, 6) is 0. The molecule has 0 saturated carbocycles. The van der Waals surface area contributed by atoms with Crippen LogP contribution in [0.4, 0.5) is 0 Å². The SMILES string of the molecule is CN(CC1CCN1)C(C)(C)C. The van der Waals surface area contributed by atoms with Crippen LogP contribution in [-0.4, -0.2) is 36.6 Å². The van der Waals surface area contributed by atoms with E-state index in [2.05, 4.69) is 38.0 Å². The summed E-state index contributed by atoms with van der Waals surface area (Å²) in [4.78, 5) is 2.41. The van der Waals surface area contributed by atoms with Gasteiger partial charge >= 0.3 is 0 Å². The van der Waals surface area contributed by atoms with Gasteiger partial charge in [0.15, 0.2) is 0 Å². The van der Waals surface area contributed by atoms with E-state index in [4.69, 9.17) is 0 Å². The van der Waals surface area contributed by atoms with Crippen LogP contribution in [0.1, 0.15) is 27.2 Å². The van der Waals surface area contributed by atoms with Crippen LogP contribution in [0.5, 0.6) is 0 Å². The highest BCUT2D eigenvalue weighted by molar-refractivity contribution is 4.83. The van der Waals surface area contributed by atoms with E-state index in [-0.39, 0.29) is 0 Å². The maximum absolute atomic E-state index is 3.41. The first-order valence-electron chi connectivity index (χ1n) is 4.45. The Morgan fingerprint density at radius 1 is 1.45 bits per heavy atom. The van der Waals surface area contributed by atoms with Gasteiger partial charge in [-0.2, -0.15) is 0 Å². The molecule has 0 aromatic carbocycles. The van der Waals surface area contributed by atoms with E-state index >= 15 is 0 Å². The highest BCUT2D eigenvalue weighted by Crippen LogP contribution is 2.13. The predicted molar refractivity (Wildman–Crippen MR) is 48.8 cm³/mol. The molecule has 2 heteroatoms. The van der Waals surface area contributed by atoms with Crippen molar-refractivity contribution in [2.45, 2.75) is 38.8 Å². The van der Waals surface area contributed by atoms with Gasteiger partial charge < -0.3 is 5.32 Å². The molecule has 1 aliphatic heterocycles. The molecule has 0 amide bonds. The lowest BCUT2D eigenvalue weighted by molar-refractivity contribution is 0.139. The number of hydrogen-bond acceptors (Lipinski definition) is 2. The second-order valence-corrected chi connectivity index (χ2v) is 4.49. The van der Waals surface area contributed by atoms with Crippen molar-refractivity contribution in [2.24, 2.45) is 0 Å². The lowest BCUT2D eigenvalue weighted by Crippen LogP contribution is -2.53. The normalized spacial score (nSPS) is 25.4. The summed E-state index contributed by atoms with van der Waals surface area (Å²) >= 11 is 0. The zero-order valence-corrected chi connectivity index (χ0v) is 8.15. The van der Waals surface area contributed by atoms with Crippen LogP contribution < -0.4 is 5.32 Å². The van der Waals surface area contributed by atoms with Crippen LogP contribution in [0.15, 0.2) is 0 Å². The van der Waals surface area contributed by atoms with Crippen molar-refractivity contribution in [3.8, 4) is 0 Å². The van der Waals surface area contributed by atoms with Crippen molar-refractivity contribution >= 4 is 0 Å². The van der Waals surface area contributed by atoms with Crippen molar-refractivity contribution in [3.05, 3.63) is 0 Å². The molecule has 66 valence electrons. The third-order valence-corrected chi connectivity index (χ3v) is 2.57. The Kier molecular flexibility index (Phi) is 2.55. The molecule has 0 aromatic rings. The van der Waals surface area contributed by atoms with Gasteiger partial charge in [-0.15, -0.1) is 0 Å². The Morgan fingerprint density at radius 3 is 2.27 bits per heavy atom. The fourth-order valence-electron chi connectivity index (χ4n) is 1.11. The smallest absolute Gasteiger partial charge is 0.0207 e. The molecule has 1 heterocycles. The van der Waals surface area contributed by atoms with Crippen molar-refractivity contribution in [3.63, 3.8) is 0 Å². The monoisotopic (exact) mass is 156 g/mol. The highest BCUT2D eigenvalue weighted by Gasteiger charge is 2.23. The average Bonchev–Trinajstić information content (AvgIpc) is 1.75. The summed E-state index contributed by atoms with van der Waals surface area (Å²) in [5, 5.41) is 3.41. The molecule has 1 unspecified atom stereocenters. The molecule has 1 aliphatic rings. The van der Waals surface area contributed by atoms with E-state index in [1.165, 1.54) is 19.5 Å². The summed E-state index contributed by atoms with van der Waals surface area (Å²) in [7, 11) is 2.19. The number of likely N-dealkylation sites (N-methyl/N-ethyl adjacent to an activating group) is 1. The van der Waals surface area contributed by atoms with Gasteiger partial charge in [-0.3, -0.25) is 4.90 Å². The molecule has 0 radical (unpaired) electrons. The number of nitrogens with zero attached hydrogens (tertiary/aromatic N) is 1. The predicted octanol–water partition coefficient (Wildman–Crippen LogP) is 1.08. The molecule has 1 fully saturated rings. The zero-order valence-electron chi connectivity index (χ0n) is 8.15. The van der Waals surface area contributed by atoms with Gasteiger partial charge in [0.1, 0.15) is 0 Å². The number of nitrogens with one attached hydrogen (secondary N) is 1. The lowest BCUT2D eigenvalue weighted by atomic mass is 10.0. The molecule has 0 aromatic heterocycles. The number of hydrogen-bond donors (Lipinski definition) is 1. The minimum absolute atomic E-state index is 0.317. The maximum atomic E-state index is 3.41. The van der Waals surface area contributed by atoms with E-state index < -0.39 is 0 Å². The molecule has 1 saturated heterocycles. The number of rotatable bonds is 2. The Bertz CT molecular complexity index is 122. The lowest BCUT2D eigenvalue weighted by Gasteiger charge is -2.38. The fourth-order valence-corrected chi connectivity index (χ4v) is 1.11. The van der Waals surface area contributed by atoms with Gasteiger partial charge in [-0.25, -0.2) is 0 Å². The zero-order chi connectivity index (χ0) is 8.48. The molecular weight excluding hydrogens is 136 g/mol. The van der Waals surface area contributed by atoms with Gasteiger partial charge in [0.05, 0.1) is 0 Å². The second-order valence-electron chi connectivity index (χ2n) is 4.49. The van der Waals surface area contributed by atoms with Crippen molar-refractivity contribution in [1.82, 2.24) is 10.2 Å². The molecule has 0 aliphatic carbocycles. The molecule has 11 heavy (non-hydrogen) atoms. The van der Waals surface area contributed by atoms with E-state index in [0.29, 0.717) is 5.54 Å². The van der Waals surface area contributed by atoms with E-state index in [1.807, 2.05) is 0 Å². The standard InChI is InChI=1S/C9H20N2/c1-9(2,3)11(4)7-8-5-6-10-8/h8,10H,5-7H2,1-4H3. The molecule has 0 spiro atoms. The molecular formula is C9H20N2. The minimum Gasteiger partial charge on any atom is -0.313 e. The summed E-state index contributed by atoms with van der Waals surface area (Å²) < 4.78 is 0. The van der Waals surface area contributed by atoms with E-state index in [0.717, 1.165) is 6.04 Å². The molecule has 1 atom stereocenters. The Morgan fingerprint density at radius 2 is 2.00 bits per heavy atom. The first kappa shape index (κ1) is 9.01. The van der Waals surface area contributed by atoms with E-state index in [9.17, 15) is 0 Å². The third kappa shape index (κ3) is 2.46. The maximum Gasteiger partial charge on any atom is 0.0207 e. The van der Waals surface area contributed by atoms with Crippen molar-refractivity contribution < 1.29 is 0 Å². The Labute approximate surface area is 70.0 Å². The summed E-state index contributed by atoms with van der Waals surface area (Å²) in [5.41, 5.74) is 0.317. The molecule has 0 bridgehead atoms. The van der Waals surface area contributed by atoms with Crippen LogP contribution in [0, 0.1) is 0 Å².